The summed E-state index contributed by atoms with van der Waals surface area (Å²) < 4.78 is 5.63. The Bertz CT molecular complexity index is 539. The number of carbonyl (C=O) groups excluding carboxylic acids is 1. The molecule has 3 N–H and O–H groups in total. The number of aliphatic hydroxyl groups excluding tert-OH is 1. The maximum atomic E-state index is 11.9. The standard InChI is InChI=1S/C17H27ClN2O3/c1-16(2,3)20-15(22)10-23-14-7-6-13(18)8-12(14)9-19-17(4,5)11-21/h6-8,19,21H,9-11H2,1-5H3,(H,20,22). The molecular weight excluding hydrogens is 316 g/mol. The molecule has 0 radical (unpaired) electrons. The van der Waals surface area contributed by atoms with Gasteiger partial charge in [0.05, 0.1) is 6.61 Å². The molecule has 5 nitrogen and oxygen atoms in total. The highest BCUT2D eigenvalue weighted by atomic mass is 35.5. The molecule has 0 heterocycles. The lowest BCUT2D eigenvalue weighted by molar-refractivity contribution is -0.124. The van der Waals surface area contributed by atoms with E-state index in [2.05, 4.69) is 10.6 Å². The minimum atomic E-state index is -0.413. The quantitative estimate of drug-likeness (QED) is 0.712. The van der Waals surface area contributed by atoms with E-state index in [0.717, 1.165) is 5.56 Å². The molecule has 0 aliphatic rings. The van der Waals surface area contributed by atoms with Gasteiger partial charge in [0.2, 0.25) is 0 Å². The molecule has 0 saturated heterocycles. The van der Waals surface area contributed by atoms with Gasteiger partial charge in [0.1, 0.15) is 5.75 Å². The van der Waals surface area contributed by atoms with Crippen molar-refractivity contribution < 1.29 is 14.6 Å². The number of halogens is 1. The first-order chi connectivity index (χ1) is 10.5. The van der Waals surface area contributed by atoms with Crippen LogP contribution in [0.2, 0.25) is 5.02 Å². The zero-order chi connectivity index (χ0) is 17.7. The zero-order valence-electron chi connectivity index (χ0n) is 14.5. The Morgan fingerprint density at radius 2 is 1.91 bits per heavy atom. The van der Waals surface area contributed by atoms with E-state index < -0.39 is 5.54 Å². The van der Waals surface area contributed by atoms with Gasteiger partial charge in [0.25, 0.3) is 5.91 Å². The Labute approximate surface area is 143 Å². The maximum absolute atomic E-state index is 11.9. The highest BCUT2D eigenvalue weighted by Gasteiger charge is 2.17. The molecule has 0 unspecified atom stereocenters. The summed E-state index contributed by atoms with van der Waals surface area (Å²) in [5, 5.41) is 16.0. The van der Waals surface area contributed by atoms with Gasteiger partial charge in [-0.05, 0) is 52.8 Å². The van der Waals surface area contributed by atoms with Crippen LogP contribution in [0.3, 0.4) is 0 Å². The minimum absolute atomic E-state index is 0.0117. The van der Waals surface area contributed by atoms with E-state index in [0.29, 0.717) is 17.3 Å². The van der Waals surface area contributed by atoms with Crippen molar-refractivity contribution in [2.24, 2.45) is 0 Å². The fraction of sp³-hybridized carbons (Fsp3) is 0.588. The van der Waals surface area contributed by atoms with Crippen LogP contribution in [0.1, 0.15) is 40.2 Å². The molecule has 0 aliphatic heterocycles. The van der Waals surface area contributed by atoms with Gasteiger partial charge in [-0.25, -0.2) is 0 Å². The van der Waals surface area contributed by atoms with Crippen molar-refractivity contribution in [2.45, 2.75) is 52.2 Å². The SMILES string of the molecule is CC(C)(C)NC(=O)COc1ccc(Cl)cc1CNC(C)(C)CO. The molecule has 23 heavy (non-hydrogen) atoms. The summed E-state index contributed by atoms with van der Waals surface area (Å²) in [4.78, 5) is 11.9. The van der Waals surface area contributed by atoms with Gasteiger partial charge in [-0.15, -0.1) is 0 Å². The van der Waals surface area contributed by atoms with E-state index in [1.807, 2.05) is 34.6 Å². The number of carbonyl (C=O) groups is 1. The van der Waals surface area contributed by atoms with Gasteiger partial charge in [0.15, 0.2) is 6.61 Å². The van der Waals surface area contributed by atoms with Crippen molar-refractivity contribution >= 4 is 17.5 Å². The van der Waals surface area contributed by atoms with Crippen LogP contribution in [0.4, 0.5) is 0 Å². The van der Waals surface area contributed by atoms with Gasteiger partial charge in [0, 0.05) is 28.2 Å². The molecule has 0 saturated carbocycles. The molecule has 0 spiro atoms. The van der Waals surface area contributed by atoms with Crippen molar-refractivity contribution in [3.63, 3.8) is 0 Å². The lowest BCUT2D eigenvalue weighted by Crippen LogP contribution is -2.43. The summed E-state index contributed by atoms with van der Waals surface area (Å²) >= 11 is 6.04. The molecule has 0 aromatic heterocycles. The summed E-state index contributed by atoms with van der Waals surface area (Å²) in [6.45, 7) is 9.97. The Morgan fingerprint density at radius 1 is 1.26 bits per heavy atom. The van der Waals surface area contributed by atoms with Gasteiger partial charge in [-0.2, -0.15) is 0 Å². The second kappa shape index (κ2) is 7.99. The van der Waals surface area contributed by atoms with Crippen molar-refractivity contribution in [2.75, 3.05) is 13.2 Å². The molecule has 1 rings (SSSR count). The van der Waals surface area contributed by atoms with Gasteiger partial charge >= 0.3 is 0 Å². The molecule has 1 amide bonds. The van der Waals surface area contributed by atoms with E-state index >= 15 is 0 Å². The van der Waals surface area contributed by atoms with Crippen LogP contribution in [0.25, 0.3) is 0 Å². The lowest BCUT2D eigenvalue weighted by atomic mass is 10.1. The molecule has 6 heteroatoms. The second-order valence-corrected chi connectivity index (χ2v) is 7.67. The average Bonchev–Trinajstić information content (AvgIpc) is 2.42. The lowest BCUT2D eigenvalue weighted by Gasteiger charge is -2.24. The third-order valence-electron chi connectivity index (χ3n) is 3.05. The van der Waals surface area contributed by atoms with E-state index in [1.165, 1.54) is 0 Å². The highest BCUT2D eigenvalue weighted by molar-refractivity contribution is 6.30. The molecule has 0 fully saturated rings. The van der Waals surface area contributed by atoms with Crippen LogP contribution in [-0.4, -0.2) is 35.3 Å². The summed E-state index contributed by atoms with van der Waals surface area (Å²) in [5.41, 5.74) is 0.127. The first-order valence-electron chi connectivity index (χ1n) is 7.60. The van der Waals surface area contributed by atoms with Crippen molar-refractivity contribution in [1.29, 1.82) is 0 Å². The Hall–Kier alpha value is -1.30. The fourth-order valence-corrected chi connectivity index (χ4v) is 2.01. The number of hydrogen-bond donors (Lipinski definition) is 3. The molecule has 0 atom stereocenters. The smallest absolute Gasteiger partial charge is 0.258 e. The molecule has 0 bridgehead atoms. The normalized spacial score (nSPS) is 12.1. The van der Waals surface area contributed by atoms with Crippen LogP contribution in [-0.2, 0) is 11.3 Å². The van der Waals surface area contributed by atoms with Gasteiger partial charge in [-0.3, -0.25) is 4.79 Å². The second-order valence-electron chi connectivity index (χ2n) is 7.23. The van der Waals surface area contributed by atoms with E-state index in [9.17, 15) is 9.90 Å². The predicted molar refractivity (Wildman–Crippen MR) is 92.8 cm³/mol. The minimum Gasteiger partial charge on any atom is -0.483 e. The topological polar surface area (TPSA) is 70.6 Å². The molecule has 1 aromatic rings. The number of rotatable bonds is 7. The molecule has 1 aromatic carbocycles. The van der Waals surface area contributed by atoms with E-state index in [1.54, 1.807) is 18.2 Å². The Balaban J connectivity index is 2.73. The molecule has 0 aliphatic carbocycles. The molecular formula is C17H27ClN2O3. The largest absolute Gasteiger partial charge is 0.483 e. The number of nitrogens with one attached hydrogen (secondary N) is 2. The number of amides is 1. The van der Waals surface area contributed by atoms with Gasteiger partial charge in [-0.1, -0.05) is 11.6 Å². The monoisotopic (exact) mass is 342 g/mol. The van der Waals surface area contributed by atoms with Crippen LogP contribution >= 0.6 is 11.6 Å². The predicted octanol–water partition coefficient (Wildman–Crippen LogP) is 2.49. The number of hydrogen-bond acceptors (Lipinski definition) is 4. The third kappa shape index (κ3) is 7.68. The number of aliphatic hydroxyl groups is 1. The summed E-state index contributed by atoms with van der Waals surface area (Å²) in [5.74, 6) is 0.418. The Morgan fingerprint density at radius 3 is 2.48 bits per heavy atom. The van der Waals surface area contributed by atoms with Crippen LogP contribution in [0.5, 0.6) is 5.75 Å². The van der Waals surface area contributed by atoms with Crippen molar-refractivity contribution in [3.05, 3.63) is 28.8 Å². The highest BCUT2D eigenvalue weighted by Crippen LogP contribution is 2.23. The van der Waals surface area contributed by atoms with Crippen molar-refractivity contribution in [1.82, 2.24) is 10.6 Å². The van der Waals surface area contributed by atoms with Crippen LogP contribution in [0.15, 0.2) is 18.2 Å². The van der Waals surface area contributed by atoms with Crippen LogP contribution in [0, 0.1) is 0 Å². The maximum Gasteiger partial charge on any atom is 0.258 e. The zero-order valence-corrected chi connectivity index (χ0v) is 15.3. The number of ether oxygens (including phenoxy) is 1. The summed E-state index contributed by atoms with van der Waals surface area (Å²) in [6.07, 6.45) is 0. The third-order valence-corrected chi connectivity index (χ3v) is 3.28. The van der Waals surface area contributed by atoms with Crippen LogP contribution < -0.4 is 15.4 Å². The first-order valence-corrected chi connectivity index (χ1v) is 7.98. The number of benzene rings is 1. The summed E-state index contributed by atoms with van der Waals surface area (Å²) in [7, 11) is 0. The summed E-state index contributed by atoms with van der Waals surface area (Å²) in [6, 6.07) is 5.26. The van der Waals surface area contributed by atoms with E-state index in [4.69, 9.17) is 16.3 Å². The van der Waals surface area contributed by atoms with Gasteiger partial charge < -0.3 is 20.5 Å². The Kier molecular flexibility index (Phi) is 6.86. The van der Waals surface area contributed by atoms with Crippen molar-refractivity contribution in [3.8, 4) is 5.75 Å². The first kappa shape index (κ1) is 19.7. The molecule has 130 valence electrons. The average molecular weight is 343 g/mol. The van der Waals surface area contributed by atoms with E-state index in [-0.39, 0.29) is 24.7 Å². The fourth-order valence-electron chi connectivity index (χ4n) is 1.82.